The molecule has 4 heteroatoms. The molecule has 0 radical (unpaired) electrons. The highest BCUT2D eigenvalue weighted by Gasteiger charge is 2.23. The van der Waals surface area contributed by atoms with Gasteiger partial charge in [0.2, 0.25) is 0 Å². The second-order valence-corrected chi connectivity index (χ2v) is 5.33. The Labute approximate surface area is 91.2 Å². The Balaban J connectivity index is 4.06. The molecule has 0 aromatic rings. The second-order valence-electron chi connectivity index (χ2n) is 4.95. The van der Waals surface area contributed by atoms with Crippen molar-refractivity contribution in [1.29, 1.82) is 0 Å². The molecule has 0 saturated carbocycles. The molecule has 0 aromatic carbocycles. The molecule has 1 amide bonds. The molecule has 0 heterocycles. The van der Waals surface area contributed by atoms with Gasteiger partial charge in [-0.3, -0.25) is 0 Å². The van der Waals surface area contributed by atoms with Crippen molar-refractivity contribution in [3.8, 4) is 0 Å². The maximum atomic E-state index is 11.4. The number of alkyl carbamates (subject to hydrolysis) is 1. The van der Waals surface area contributed by atoms with Crippen LogP contribution in [0.5, 0.6) is 0 Å². The molecule has 0 aromatic heterocycles. The third kappa shape index (κ3) is 7.01. The third-order valence-electron chi connectivity index (χ3n) is 1.56. The summed E-state index contributed by atoms with van der Waals surface area (Å²) in [7, 11) is 0. The smallest absolute Gasteiger partial charge is 0.408 e. The van der Waals surface area contributed by atoms with Gasteiger partial charge in [0.25, 0.3) is 0 Å². The number of carbonyl (C=O) groups excluding carboxylic acids is 1. The number of amides is 1. The number of rotatable bonds is 3. The van der Waals surface area contributed by atoms with Crippen LogP contribution < -0.4 is 5.32 Å². The lowest BCUT2D eigenvalue weighted by Gasteiger charge is -2.27. The van der Waals surface area contributed by atoms with Crippen molar-refractivity contribution in [2.75, 3.05) is 5.88 Å². The Morgan fingerprint density at radius 2 is 1.79 bits per heavy atom. The zero-order valence-electron chi connectivity index (χ0n) is 9.61. The van der Waals surface area contributed by atoms with Gasteiger partial charge < -0.3 is 10.1 Å². The van der Waals surface area contributed by atoms with Crippen LogP contribution in [0.4, 0.5) is 4.79 Å². The van der Waals surface area contributed by atoms with Crippen LogP contribution >= 0.6 is 11.6 Å². The summed E-state index contributed by atoms with van der Waals surface area (Å²) in [6.07, 6.45) is 0.320. The first-order chi connectivity index (χ1) is 6.16. The van der Waals surface area contributed by atoms with Crippen molar-refractivity contribution in [2.45, 2.75) is 52.2 Å². The summed E-state index contributed by atoms with van der Waals surface area (Å²) in [6.45, 7) is 9.34. The third-order valence-corrected chi connectivity index (χ3v) is 1.75. The molecule has 0 aliphatic carbocycles. The number of carbonyl (C=O) groups is 1. The van der Waals surface area contributed by atoms with Crippen LogP contribution in [0, 0.1) is 0 Å². The van der Waals surface area contributed by atoms with Crippen LogP contribution in [-0.4, -0.2) is 23.1 Å². The maximum Gasteiger partial charge on any atom is 0.408 e. The van der Waals surface area contributed by atoms with E-state index in [0.717, 1.165) is 0 Å². The van der Waals surface area contributed by atoms with Gasteiger partial charge in [0.15, 0.2) is 0 Å². The molecule has 84 valence electrons. The van der Waals surface area contributed by atoms with Gasteiger partial charge in [0.05, 0.1) is 0 Å². The number of halogens is 1. The van der Waals surface area contributed by atoms with Gasteiger partial charge in [-0.25, -0.2) is 4.79 Å². The van der Waals surface area contributed by atoms with E-state index >= 15 is 0 Å². The first-order valence-electron chi connectivity index (χ1n) is 4.73. The molecule has 0 spiro atoms. The van der Waals surface area contributed by atoms with E-state index in [9.17, 15) is 4.79 Å². The zero-order chi connectivity index (χ0) is 11.4. The average Bonchev–Trinajstić information content (AvgIpc) is 1.78. The van der Waals surface area contributed by atoms with E-state index in [2.05, 4.69) is 5.32 Å². The fraction of sp³-hybridized carbons (Fsp3) is 0.900. The molecule has 0 fully saturated rings. The van der Waals surface area contributed by atoms with E-state index in [1.807, 2.05) is 34.6 Å². The zero-order valence-corrected chi connectivity index (χ0v) is 10.4. The first kappa shape index (κ1) is 13.6. The summed E-state index contributed by atoms with van der Waals surface area (Å²) in [5.74, 6) is 0.517. The summed E-state index contributed by atoms with van der Waals surface area (Å²) >= 11 is 5.61. The van der Waals surface area contributed by atoms with Crippen molar-refractivity contribution in [2.24, 2.45) is 0 Å². The number of hydrogen-bond acceptors (Lipinski definition) is 2. The van der Waals surface area contributed by atoms with Gasteiger partial charge >= 0.3 is 6.09 Å². The highest BCUT2D eigenvalue weighted by Crippen LogP contribution is 2.12. The summed E-state index contributed by atoms with van der Waals surface area (Å²) in [6, 6.07) is 0. The molecule has 3 nitrogen and oxygen atoms in total. The van der Waals surface area contributed by atoms with Crippen LogP contribution in [0.25, 0.3) is 0 Å². The van der Waals surface area contributed by atoms with E-state index in [1.165, 1.54) is 0 Å². The second kappa shape index (κ2) is 4.87. The minimum atomic E-state index is -0.457. The fourth-order valence-corrected chi connectivity index (χ4v) is 1.35. The van der Waals surface area contributed by atoms with Crippen LogP contribution in [0.1, 0.15) is 41.0 Å². The van der Waals surface area contributed by atoms with Gasteiger partial charge in [0.1, 0.15) is 5.60 Å². The minimum Gasteiger partial charge on any atom is -0.444 e. The summed E-state index contributed by atoms with van der Waals surface area (Å²) in [4.78, 5) is 11.4. The maximum absolute atomic E-state index is 11.4. The number of alkyl halides is 1. The quantitative estimate of drug-likeness (QED) is 0.745. The van der Waals surface area contributed by atoms with Crippen LogP contribution in [-0.2, 0) is 4.74 Å². The van der Waals surface area contributed by atoms with Crippen molar-refractivity contribution < 1.29 is 9.53 Å². The molecule has 0 aliphatic rings. The van der Waals surface area contributed by atoms with Crippen LogP contribution in [0.15, 0.2) is 0 Å². The molecule has 0 saturated heterocycles. The molecule has 14 heavy (non-hydrogen) atoms. The lowest BCUT2D eigenvalue weighted by molar-refractivity contribution is 0.0471. The Kier molecular flexibility index (Phi) is 4.72. The van der Waals surface area contributed by atoms with Crippen molar-refractivity contribution >= 4 is 17.7 Å². The van der Waals surface area contributed by atoms with Gasteiger partial charge in [0, 0.05) is 11.4 Å². The Bertz CT molecular complexity index is 197. The number of hydrogen-bond donors (Lipinski definition) is 1. The standard InChI is InChI=1S/C10H20ClNO2/c1-9(2,3)14-8(13)12-10(4,5)6-7-11/h6-7H2,1-5H3,(H,12,13). The summed E-state index contributed by atoms with van der Waals surface area (Å²) in [5, 5.41) is 2.77. The van der Waals surface area contributed by atoms with E-state index in [-0.39, 0.29) is 5.54 Å². The Hall–Kier alpha value is -0.440. The lowest BCUT2D eigenvalue weighted by Crippen LogP contribution is -2.46. The Morgan fingerprint density at radius 3 is 2.14 bits per heavy atom. The van der Waals surface area contributed by atoms with Crippen molar-refractivity contribution in [1.82, 2.24) is 5.32 Å². The number of nitrogens with one attached hydrogen (secondary N) is 1. The molecule has 0 rings (SSSR count). The highest BCUT2D eigenvalue weighted by atomic mass is 35.5. The molecular weight excluding hydrogens is 202 g/mol. The molecular formula is C10H20ClNO2. The molecule has 0 unspecified atom stereocenters. The predicted molar refractivity (Wildman–Crippen MR) is 58.8 cm³/mol. The van der Waals surface area contributed by atoms with Crippen LogP contribution in [0.3, 0.4) is 0 Å². The molecule has 0 bridgehead atoms. The van der Waals surface area contributed by atoms with Crippen molar-refractivity contribution in [3.63, 3.8) is 0 Å². The SMILES string of the molecule is CC(C)(CCCl)NC(=O)OC(C)(C)C. The van der Waals surface area contributed by atoms with E-state index in [0.29, 0.717) is 12.3 Å². The highest BCUT2D eigenvalue weighted by molar-refractivity contribution is 6.17. The number of ether oxygens (including phenoxy) is 1. The van der Waals surface area contributed by atoms with E-state index in [4.69, 9.17) is 16.3 Å². The lowest BCUT2D eigenvalue weighted by atomic mass is 10.0. The van der Waals surface area contributed by atoms with E-state index in [1.54, 1.807) is 0 Å². The van der Waals surface area contributed by atoms with Gasteiger partial charge in [-0.2, -0.15) is 0 Å². The monoisotopic (exact) mass is 221 g/mol. The summed E-state index contributed by atoms with van der Waals surface area (Å²) < 4.78 is 5.13. The van der Waals surface area contributed by atoms with Gasteiger partial charge in [-0.15, -0.1) is 11.6 Å². The predicted octanol–water partition coefficient (Wildman–Crippen LogP) is 2.92. The Morgan fingerprint density at radius 1 is 1.29 bits per heavy atom. The minimum absolute atomic E-state index is 0.315. The van der Waals surface area contributed by atoms with Crippen molar-refractivity contribution in [3.05, 3.63) is 0 Å². The normalized spacial score (nSPS) is 12.4. The summed E-state index contributed by atoms with van der Waals surface area (Å²) in [5.41, 5.74) is -0.773. The average molecular weight is 222 g/mol. The molecule has 1 N–H and O–H groups in total. The largest absolute Gasteiger partial charge is 0.444 e. The molecule has 0 atom stereocenters. The topological polar surface area (TPSA) is 38.3 Å². The van der Waals surface area contributed by atoms with Gasteiger partial charge in [-0.1, -0.05) is 0 Å². The first-order valence-corrected chi connectivity index (χ1v) is 5.27. The molecule has 0 aliphatic heterocycles. The fourth-order valence-electron chi connectivity index (χ4n) is 0.879. The van der Waals surface area contributed by atoms with E-state index < -0.39 is 11.7 Å². The van der Waals surface area contributed by atoms with Gasteiger partial charge in [-0.05, 0) is 41.0 Å². The van der Waals surface area contributed by atoms with Crippen LogP contribution in [0.2, 0.25) is 0 Å².